The molecule has 3 saturated heterocycles. The number of carbonyl (C=O) groups excluding carboxylic acids is 1. The molecule has 0 N–H and O–H groups in total. The van der Waals surface area contributed by atoms with E-state index in [9.17, 15) is 4.79 Å². The van der Waals surface area contributed by atoms with Gasteiger partial charge in [-0.15, -0.1) is 0 Å². The van der Waals surface area contributed by atoms with Crippen LogP contribution in [0, 0.1) is 0 Å². The maximum absolute atomic E-state index is 13.7. The average Bonchev–Trinajstić information content (AvgIpc) is 2.92. The van der Waals surface area contributed by atoms with E-state index in [2.05, 4.69) is 88.8 Å². The minimum absolute atomic E-state index is 0.116. The fourth-order valence-corrected chi connectivity index (χ4v) is 7.93. The molecular weight excluding hydrogens is 372 g/mol. The number of piperidine rings is 2. The molecule has 0 radical (unpaired) electrons. The van der Waals surface area contributed by atoms with Crippen molar-refractivity contribution in [3.8, 4) is 0 Å². The molecule has 0 atom stereocenters. The van der Waals surface area contributed by atoms with Crippen molar-refractivity contribution >= 4 is 6.03 Å². The van der Waals surface area contributed by atoms with Crippen LogP contribution >= 0.6 is 0 Å². The molecule has 0 aliphatic carbocycles. The molecule has 0 saturated carbocycles. The zero-order chi connectivity index (χ0) is 22.7. The lowest BCUT2D eigenvalue weighted by atomic mass is 9.76. The quantitative estimate of drug-likeness (QED) is 0.654. The molecule has 0 bridgehead atoms. The van der Waals surface area contributed by atoms with Crippen molar-refractivity contribution in [1.29, 1.82) is 0 Å². The van der Waals surface area contributed by atoms with E-state index in [0.717, 1.165) is 51.9 Å². The summed E-state index contributed by atoms with van der Waals surface area (Å²) in [6.45, 7) is 27.3. The maximum atomic E-state index is 13.7. The third-order valence-electron chi connectivity index (χ3n) is 8.45. The van der Waals surface area contributed by atoms with Gasteiger partial charge in [0.2, 0.25) is 0 Å². The zero-order valence-electron chi connectivity index (χ0n) is 21.5. The molecule has 3 aliphatic rings. The van der Waals surface area contributed by atoms with E-state index in [1.807, 2.05) is 0 Å². The van der Waals surface area contributed by atoms with Gasteiger partial charge in [-0.1, -0.05) is 13.8 Å². The van der Waals surface area contributed by atoms with Crippen LogP contribution in [-0.4, -0.2) is 86.0 Å². The summed E-state index contributed by atoms with van der Waals surface area (Å²) in [4.78, 5) is 23.4. The van der Waals surface area contributed by atoms with Crippen LogP contribution in [0.2, 0.25) is 0 Å². The van der Waals surface area contributed by atoms with Gasteiger partial charge in [-0.05, 0) is 94.2 Å². The van der Waals surface area contributed by atoms with Crippen molar-refractivity contribution in [3.63, 3.8) is 0 Å². The molecule has 0 spiro atoms. The van der Waals surface area contributed by atoms with E-state index in [1.165, 1.54) is 0 Å². The third-order valence-corrected chi connectivity index (χ3v) is 8.45. The molecule has 0 aromatic carbocycles. The summed E-state index contributed by atoms with van der Waals surface area (Å²) in [7, 11) is 0. The van der Waals surface area contributed by atoms with Crippen molar-refractivity contribution in [2.45, 2.75) is 129 Å². The number of rotatable bonds is 4. The molecule has 5 heteroatoms. The largest absolute Gasteiger partial charge is 0.320 e. The second-order valence-electron chi connectivity index (χ2n) is 12.5. The molecule has 3 heterocycles. The highest BCUT2D eigenvalue weighted by Crippen LogP contribution is 2.43. The van der Waals surface area contributed by atoms with Gasteiger partial charge in [-0.2, -0.15) is 0 Å². The van der Waals surface area contributed by atoms with Crippen molar-refractivity contribution in [1.82, 2.24) is 19.6 Å². The number of amides is 2. The number of nitrogens with zero attached hydrogens (tertiary/aromatic N) is 4. The Labute approximate surface area is 186 Å². The number of carbonyl (C=O) groups is 1. The van der Waals surface area contributed by atoms with Crippen molar-refractivity contribution in [2.24, 2.45) is 0 Å². The lowest BCUT2D eigenvalue weighted by Crippen LogP contribution is -2.65. The minimum atomic E-state index is 0.116. The van der Waals surface area contributed by atoms with Gasteiger partial charge in [0, 0.05) is 47.3 Å². The van der Waals surface area contributed by atoms with E-state index >= 15 is 0 Å². The predicted molar refractivity (Wildman–Crippen MR) is 126 cm³/mol. The number of hydrogen-bond donors (Lipinski definition) is 0. The molecule has 0 aromatic heterocycles. The Balaban J connectivity index is 1.77. The van der Waals surface area contributed by atoms with Crippen LogP contribution in [0.4, 0.5) is 4.79 Å². The van der Waals surface area contributed by atoms with Crippen LogP contribution < -0.4 is 0 Å². The Bertz CT molecular complexity index is 564. The third kappa shape index (κ3) is 4.01. The van der Waals surface area contributed by atoms with Gasteiger partial charge in [-0.3, -0.25) is 9.80 Å². The van der Waals surface area contributed by atoms with E-state index < -0.39 is 0 Å². The van der Waals surface area contributed by atoms with Gasteiger partial charge >= 0.3 is 6.03 Å². The van der Waals surface area contributed by atoms with Gasteiger partial charge < -0.3 is 9.80 Å². The summed E-state index contributed by atoms with van der Waals surface area (Å²) < 4.78 is 0. The first-order valence-corrected chi connectivity index (χ1v) is 12.3. The number of likely N-dealkylation sites (tertiary alicyclic amines) is 2. The smallest absolute Gasteiger partial charge is 0.320 e. The molecular formula is C25H48N4O. The highest BCUT2D eigenvalue weighted by molar-refractivity contribution is 5.77. The highest BCUT2D eigenvalue weighted by atomic mass is 16.2. The molecule has 30 heavy (non-hydrogen) atoms. The SMILES string of the molecule is CCN1C(C)(C)CC(N2CCN(C3CC(C)(C)N(CC)C(C)(C)C3)C2=O)CC1(C)C. The number of urea groups is 1. The fraction of sp³-hybridized carbons (Fsp3) is 0.960. The average molecular weight is 421 g/mol. The van der Waals surface area contributed by atoms with Gasteiger partial charge in [0.05, 0.1) is 0 Å². The normalized spacial score (nSPS) is 30.3. The van der Waals surface area contributed by atoms with Crippen LogP contribution in [0.25, 0.3) is 0 Å². The predicted octanol–water partition coefficient (Wildman–Crippen LogP) is 4.81. The van der Waals surface area contributed by atoms with Crippen molar-refractivity contribution in [2.75, 3.05) is 26.2 Å². The standard InChI is InChI=1S/C25H48N4O/c1-11-28-22(3,4)15-19(16-23(28,5)6)26-13-14-27(21(26)30)20-17-24(7,8)29(12-2)25(9,10)18-20/h19-20H,11-18H2,1-10H3. The Morgan fingerprint density at radius 1 is 0.633 bits per heavy atom. The van der Waals surface area contributed by atoms with E-state index in [-0.39, 0.29) is 28.2 Å². The molecule has 2 amide bonds. The van der Waals surface area contributed by atoms with E-state index in [0.29, 0.717) is 12.1 Å². The highest BCUT2D eigenvalue weighted by Gasteiger charge is 2.51. The first-order chi connectivity index (χ1) is 13.7. The van der Waals surface area contributed by atoms with Crippen LogP contribution in [0.5, 0.6) is 0 Å². The molecule has 3 aliphatic heterocycles. The summed E-state index contributed by atoms with van der Waals surface area (Å²) in [5.74, 6) is 0. The van der Waals surface area contributed by atoms with Gasteiger partial charge in [-0.25, -0.2) is 4.79 Å². The first kappa shape index (κ1) is 23.8. The summed E-state index contributed by atoms with van der Waals surface area (Å²) >= 11 is 0. The van der Waals surface area contributed by atoms with Gasteiger partial charge in [0.1, 0.15) is 0 Å². The maximum Gasteiger partial charge on any atom is 0.320 e. The second kappa shape index (κ2) is 7.65. The van der Waals surface area contributed by atoms with Crippen molar-refractivity contribution < 1.29 is 4.79 Å². The second-order valence-corrected chi connectivity index (χ2v) is 12.5. The number of hydrogen-bond acceptors (Lipinski definition) is 3. The lowest BCUT2D eigenvalue weighted by Gasteiger charge is -2.57. The first-order valence-electron chi connectivity index (χ1n) is 12.3. The van der Waals surface area contributed by atoms with Gasteiger partial charge in [0.15, 0.2) is 0 Å². The van der Waals surface area contributed by atoms with Crippen LogP contribution in [0.15, 0.2) is 0 Å². The Hall–Kier alpha value is -0.810. The summed E-state index contributed by atoms with van der Waals surface area (Å²) in [6, 6.07) is 0.970. The fourth-order valence-electron chi connectivity index (χ4n) is 7.93. The Morgan fingerprint density at radius 3 is 1.13 bits per heavy atom. The van der Waals surface area contributed by atoms with Crippen LogP contribution in [0.3, 0.4) is 0 Å². The molecule has 3 rings (SSSR count). The lowest BCUT2D eigenvalue weighted by molar-refractivity contribution is -0.0563. The minimum Gasteiger partial charge on any atom is -0.320 e. The van der Waals surface area contributed by atoms with Gasteiger partial charge in [0.25, 0.3) is 0 Å². The molecule has 0 aromatic rings. The summed E-state index contributed by atoms with van der Waals surface area (Å²) in [5, 5.41) is 0. The summed E-state index contributed by atoms with van der Waals surface area (Å²) in [5.41, 5.74) is 0.466. The molecule has 0 unspecified atom stereocenters. The zero-order valence-corrected chi connectivity index (χ0v) is 21.5. The molecule has 3 fully saturated rings. The van der Waals surface area contributed by atoms with E-state index in [4.69, 9.17) is 0 Å². The Kier molecular flexibility index (Phi) is 6.08. The van der Waals surface area contributed by atoms with Crippen LogP contribution in [0.1, 0.15) is 94.9 Å². The Morgan fingerprint density at radius 2 is 0.900 bits per heavy atom. The van der Waals surface area contributed by atoms with E-state index in [1.54, 1.807) is 0 Å². The topological polar surface area (TPSA) is 30.0 Å². The molecule has 5 nitrogen and oxygen atoms in total. The monoisotopic (exact) mass is 420 g/mol. The summed E-state index contributed by atoms with van der Waals surface area (Å²) in [6.07, 6.45) is 4.26. The molecule has 174 valence electrons. The van der Waals surface area contributed by atoms with Crippen LogP contribution in [-0.2, 0) is 0 Å². The van der Waals surface area contributed by atoms with Crippen molar-refractivity contribution in [3.05, 3.63) is 0 Å².